The second-order valence-electron chi connectivity index (χ2n) is 3.23. The number of hydrogen-bond donors (Lipinski definition) is 0. The third kappa shape index (κ3) is 8.87. The minimum Gasteiger partial charge on any atom is -0.450 e. The van der Waals surface area contributed by atoms with Gasteiger partial charge < -0.3 is 9.64 Å². The molecule has 0 aromatic carbocycles. The molecule has 0 aromatic heterocycles. The number of rotatable bonds is 8. The van der Waals surface area contributed by atoms with Crippen molar-refractivity contribution >= 4 is 5.97 Å². The Kier molecular flexibility index (Phi) is 9.13. The van der Waals surface area contributed by atoms with Crippen molar-refractivity contribution < 1.29 is 9.53 Å². The van der Waals surface area contributed by atoms with E-state index in [0.717, 1.165) is 0 Å². The van der Waals surface area contributed by atoms with Crippen LogP contribution in [-0.4, -0.2) is 37.1 Å². The molecule has 0 aliphatic heterocycles. The molecule has 0 saturated heterocycles. The Labute approximate surface area is 101 Å². The zero-order chi connectivity index (χ0) is 12.9. The van der Waals surface area contributed by atoms with Gasteiger partial charge in [-0.3, -0.25) is 4.79 Å². The molecular formula is C11H14N4O2. The monoisotopic (exact) mass is 234 g/mol. The molecule has 0 spiro atoms. The zero-order valence-corrected chi connectivity index (χ0v) is 9.56. The number of nitrogens with zero attached hydrogens (tertiary/aromatic N) is 4. The van der Waals surface area contributed by atoms with Gasteiger partial charge in [-0.05, 0) is 0 Å². The number of hydrogen-bond acceptors (Lipinski definition) is 6. The van der Waals surface area contributed by atoms with E-state index in [4.69, 9.17) is 15.8 Å². The molecule has 0 aliphatic rings. The minimum absolute atomic E-state index is 0.165. The SMILES string of the molecule is N#CCCN(CCC#N)CCC(=O)OCC#N. The Morgan fingerprint density at radius 2 is 1.59 bits per heavy atom. The fourth-order valence-corrected chi connectivity index (χ4v) is 1.19. The first-order chi connectivity index (χ1) is 8.24. The zero-order valence-electron chi connectivity index (χ0n) is 9.56. The fourth-order valence-electron chi connectivity index (χ4n) is 1.19. The standard InChI is InChI=1S/C11H14N4O2/c12-4-1-7-15(8-2-5-13)9-3-11(16)17-10-6-14/h1-3,7-10H2. The van der Waals surface area contributed by atoms with Gasteiger partial charge in [0, 0.05) is 32.5 Å². The Morgan fingerprint density at radius 1 is 1.00 bits per heavy atom. The first-order valence-electron chi connectivity index (χ1n) is 5.23. The highest BCUT2D eigenvalue weighted by Crippen LogP contribution is 1.97. The summed E-state index contributed by atoms with van der Waals surface area (Å²) in [5.41, 5.74) is 0. The predicted molar refractivity (Wildman–Crippen MR) is 58.1 cm³/mol. The van der Waals surface area contributed by atoms with E-state index in [1.54, 1.807) is 6.07 Å². The second kappa shape index (κ2) is 10.4. The first kappa shape index (κ1) is 14.9. The number of carbonyl (C=O) groups excluding carboxylic acids is 1. The number of nitriles is 3. The van der Waals surface area contributed by atoms with Gasteiger partial charge in [0.25, 0.3) is 0 Å². The summed E-state index contributed by atoms with van der Waals surface area (Å²) in [6.45, 7) is 1.26. The number of esters is 1. The third-order valence-electron chi connectivity index (χ3n) is 2.01. The van der Waals surface area contributed by atoms with Crippen LogP contribution < -0.4 is 0 Å². The summed E-state index contributed by atoms with van der Waals surface area (Å²) in [6, 6.07) is 5.74. The molecule has 0 heterocycles. The van der Waals surface area contributed by atoms with Crippen molar-refractivity contribution in [3.63, 3.8) is 0 Å². The molecule has 0 atom stereocenters. The largest absolute Gasteiger partial charge is 0.450 e. The Hall–Kier alpha value is -2.10. The molecule has 0 bridgehead atoms. The topological polar surface area (TPSA) is 101 Å². The van der Waals surface area contributed by atoms with Crippen LogP contribution in [0.25, 0.3) is 0 Å². The van der Waals surface area contributed by atoms with Crippen molar-refractivity contribution in [3.05, 3.63) is 0 Å². The van der Waals surface area contributed by atoms with Gasteiger partial charge in [-0.2, -0.15) is 15.8 Å². The van der Waals surface area contributed by atoms with E-state index in [9.17, 15) is 4.79 Å². The normalized spacial score (nSPS) is 9.06. The summed E-state index contributed by atoms with van der Waals surface area (Å²) < 4.78 is 4.59. The van der Waals surface area contributed by atoms with Crippen LogP contribution in [0.2, 0.25) is 0 Å². The molecule has 0 rings (SSSR count). The lowest BCUT2D eigenvalue weighted by Gasteiger charge is -2.18. The van der Waals surface area contributed by atoms with E-state index in [1.165, 1.54) is 0 Å². The van der Waals surface area contributed by atoms with Crippen molar-refractivity contribution in [2.24, 2.45) is 0 Å². The van der Waals surface area contributed by atoms with E-state index in [-0.39, 0.29) is 13.0 Å². The molecule has 0 N–H and O–H groups in total. The van der Waals surface area contributed by atoms with E-state index >= 15 is 0 Å². The summed E-state index contributed by atoms with van der Waals surface area (Å²) in [7, 11) is 0. The van der Waals surface area contributed by atoms with Gasteiger partial charge >= 0.3 is 5.97 Å². The summed E-state index contributed by atoms with van der Waals surface area (Å²) in [4.78, 5) is 13.0. The van der Waals surface area contributed by atoms with Gasteiger partial charge in [0.05, 0.1) is 18.6 Å². The third-order valence-corrected chi connectivity index (χ3v) is 2.01. The van der Waals surface area contributed by atoms with Crippen LogP contribution in [-0.2, 0) is 9.53 Å². The maximum atomic E-state index is 11.1. The van der Waals surface area contributed by atoms with Crippen molar-refractivity contribution in [1.29, 1.82) is 15.8 Å². The van der Waals surface area contributed by atoms with Crippen LogP contribution in [0, 0.1) is 34.0 Å². The smallest absolute Gasteiger partial charge is 0.308 e. The Morgan fingerprint density at radius 3 is 2.06 bits per heavy atom. The maximum Gasteiger partial charge on any atom is 0.308 e. The Bertz CT molecular complexity index is 330. The summed E-state index contributed by atoms with van der Waals surface area (Å²) >= 11 is 0. The molecule has 0 unspecified atom stereocenters. The van der Waals surface area contributed by atoms with Crippen LogP contribution in [0.15, 0.2) is 0 Å². The quantitative estimate of drug-likeness (QED) is 0.569. The Balaban J connectivity index is 3.90. The molecule has 0 amide bonds. The van der Waals surface area contributed by atoms with E-state index in [2.05, 4.69) is 4.74 Å². The van der Waals surface area contributed by atoms with E-state index in [1.807, 2.05) is 17.0 Å². The van der Waals surface area contributed by atoms with Crippen LogP contribution >= 0.6 is 0 Å². The molecule has 0 fully saturated rings. The highest BCUT2D eigenvalue weighted by Gasteiger charge is 2.08. The fraction of sp³-hybridized carbons (Fsp3) is 0.636. The van der Waals surface area contributed by atoms with Crippen molar-refractivity contribution in [2.45, 2.75) is 19.3 Å². The van der Waals surface area contributed by atoms with Crippen molar-refractivity contribution in [1.82, 2.24) is 4.90 Å². The first-order valence-corrected chi connectivity index (χ1v) is 5.23. The van der Waals surface area contributed by atoms with Gasteiger partial charge in [0.2, 0.25) is 0 Å². The van der Waals surface area contributed by atoms with Crippen LogP contribution in [0.1, 0.15) is 19.3 Å². The molecule has 0 aliphatic carbocycles. The molecule has 17 heavy (non-hydrogen) atoms. The van der Waals surface area contributed by atoms with Crippen LogP contribution in [0.3, 0.4) is 0 Å². The average molecular weight is 234 g/mol. The lowest BCUT2D eigenvalue weighted by Crippen LogP contribution is -2.28. The summed E-state index contributed by atoms with van der Waals surface area (Å²) in [6.07, 6.45) is 0.885. The lowest BCUT2D eigenvalue weighted by atomic mass is 10.3. The average Bonchev–Trinajstić information content (AvgIpc) is 2.35. The number of carbonyl (C=O) groups is 1. The van der Waals surface area contributed by atoms with E-state index < -0.39 is 5.97 Å². The lowest BCUT2D eigenvalue weighted by molar-refractivity contribution is -0.142. The molecule has 0 saturated carbocycles. The van der Waals surface area contributed by atoms with E-state index in [0.29, 0.717) is 32.5 Å². The molecule has 6 heteroatoms. The molecule has 0 aromatic rings. The maximum absolute atomic E-state index is 11.1. The highest BCUT2D eigenvalue weighted by atomic mass is 16.5. The molecule has 0 radical (unpaired) electrons. The second-order valence-corrected chi connectivity index (χ2v) is 3.23. The van der Waals surface area contributed by atoms with Gasteiger partial charge in [-0.1, -0.05) is 0 Å². The van der Waals surface area contributed by atoms with Crippen LogP contribution in [0.4, 0.5) is 0 Å². The van der Waals surface area contributed by atoms with Gasteiger partial charge in [-0.25, -0.2) is 0 Å². The minimum atomic E-state index is -0.439. The van der Waals surface area contributed by atoms with Gasteiger partial charge in [-0.15, -0.1) is 0 Å². The summed E-state index contributed by atoms with van der Waals surface area (Å²) in [5, 5.41) is 25.1. The predicted octanol–water partition coefficient (Wildman–Crippen LogP) is 0.573. The molecule has 6 nitrogen and oxygen atoms in total. The van der Waals surface area contributed by atoms with Gasteiger partial charge in [0.15, 0.2) is 6.61 Å². The number of ether oxygens (including phenoxy) is 1. The van der Waals surface area contributed by atoms with Crippen molar-refractivity contribution in [2.75, 3.05) is 26.2 Å². The molecular weight excluding hydrogens is 220 g/mol. The molecule has 90 valence electrons. The van der Waals surface area contributed by atoms with Crippen LogP contribution in [0.5, 0.6) is 0 Å². The van der Waals surface area contributed by atoms with Gasteiger partial charge in [0.1, 0.15) is 6.07 Å². The summed E-state index contributed by atoms with van der Waals surface area (Å²) in [5.74, 6) is -0.439. The van der Waals surface area contributed by atoms with Crippen molar-refractivity contribution in [3.8, 4) is 18.2 Å². The highest BCUT2D eigenvalue weighted by molar-refractivity contribution is 5.69.